The van der Waals surface area contributed by atoms with Gasteiger partial charge in [0.15, 0.2) is 0 Å². The van der Waals surface area contributed by atoms with E-state index in [1.165, 1.54) is 18.1 Å². The highest BCUT2D eigenvalue weighted by molar-refractivity contribution is 5.90. The third kappa shape index (κ3) is 3.13. The van der Waals surface area contributed by atoms with E-state index in [9.17, 15) is 4.79 Å². The van der Waals surface area contributed by atoms with Crippen molar-refractivity contribution in [1.82, 2.24) is 9.88 Å². The normalized spacial score (nSPS) is 16.6. The Morgan fingerprint density at radius 3 is 2.67 bits per heavy atom. The molecular formula is C19H26N2O3. The molecular weight excluding hydrogens is 304 g/mol. The van der Waals surface area contributed by atoms with Crippen molar-refractivity contribution in [2.24, 2.45) is 0 Å². The molecule has 0 aliphatic heterocycles. The maximum atomic E-state index is 11.6. The Hall–Kier alpha value is -2.01. The van der Waals surface area contributed by atoms with Gasteiger partial charge in [0, 0.05) is 28.7 Å². The molecule has 0 fully saturated rings. The minimum absolute atomic E-state index is 0.443. The molecule has 0 saturated carbocycles. The van der Waals surface area contributed by atoms with Crippen LogP contribution in [-0.4, -0.2) is 42.3 Å². The van der Waals surface area contributed by atoms with E-state index >= 15 is 0 Å². The number of rotatable bonds is 6. The van der Waals surface area contributed by atoms with Crippen LogP contribution in [0.5, 0.6) is 5.75 Å². The molecule has 1 aromatic heterocycles. The quantitative estimate of drug-likeness (QED) is 0.644. The summed E-state index contributed by atoms with van der Waals surface area (Å²) in [6.45, 7) is 6.64. The fraction of sp³-hybridized carbons (Fsp3) is 0.526. The Morgan fingerprint density at radius 1 is 1.25 bits per heavy atom. The average molecular weight is 330 g/mol. The van der Waals surface area contributed by atoms with Gasteiger partial charge in [-0.25, -0.2) is 4.79 Å². The van der Waals surface area contributed by atoms with Gasteiger partial charge in [-0.2, -0.15) is 0 Å². The molecule has 0 amide bonds. The van der Waals surface area contributed by atoms with Gasteiger partial charge in [-0.1, -0.05) is 13.8 Å². The van der Waals surface area contributed by atoms with Crippen molar-refractivity contribution >= 4 is 17.1 Å². The predicted molar refractivity (Wildman–Crippen MR) is 94.7 cm³/mol. The van der Waals surface area contributed by atoms with E-state index in [1.54, 1.807) is 0 Å². The van der Waals surface area contributed by atoms with E-state index in [4.69, 9.17) is 4.74 Å². The first-order valence-electron chi connectivity index (χ1n) is 8.79. The number of hydrogen-bond acceptors (Lipinski definition) is 4. The van der Waals surface area contributed by atoms with Crippen LogP contribution in [0.4, 0.5) is 4.79 Å². The molecule has 0 bridgehead atoms. The number of nitrogens with zero attached hydrogens (tertiary/aromatic N) is 1. The Labute approximate surface area is 142 Å². The van der Waals surface area contributed by atoms with Gasteiger partial charge in [-0.15, -0.1) is 0 Å². The van der Waals surface area contributed by atoms with Crippen LogP contribution in [0.3, 0.4) is 0 Å². The third-order valence-electron chi connectivity index (χ3n) is 4.79. The van der Waals surface area contributed by atoms with E-state index < -0.39 is 6.16 Å². The number of nitrogens with one attached hydrogen (secondary N) is 1. The van der Waals surface area contributed by atoms with E-state index in [0.717, 1.165) is 49.9 Å². The summed E-state index contributed by atoms with van der Waals surface area (Å²) < 4.78 is 10.1. The smallest absolute Gasteiger partial charge is 0.437 e. The molecule has 1 aliphatic carbocycles. The maximum Gasteiger partial charge on any atom is 0.513 e. The standard InChI is InChI=1S/C19H26N2O3/c1-4-8-21(9-5-2)14-10-13-12-20-16-6-7-17(24-19(22)23-3)15(11-14)18(13)16/h6-7,12,14,20H,4-5,8-11H2,1-3H3. The number of aromatic nitrogens is 1. The molecule has 130 valence electrons. The number of carbonyl (C=O) groups excluding carboxylic acids is 1. The van der Waals surface area contributed by atoms with Gasteiger partial charge in [0.2, 0.25) is 0 Å². The summed E-state index contributed by atoms with van der Waals surface area (Å²) in [5.41, 5.74) is 3.53. The van der Waals surface area contributed by atoms with E-state index in [2.05, 4.69) is 34.7 Å². The lowest BCUT2D eigenvalue weighted by Crippen LogP contribution is -2.41. The minimum atomic E-state index is -0.663. The van der Waals surface area contributed by atoms with E-state index in [-0.39, 0.29) is 0 Å². The van der Waals surface area contributed by atoms with Crippen LogP contribution in [0, 0.1) is 0 Å². The monoisotopic (exact) mass is 330 g/mol. The van der Waals surface area contributed by atoms with Crippen LogP contribution >= 0.6 is 0 Å². The number of aromatic amines is 1. The highest BCUT2D eigenvalue weighted by atomic mass is 16.7. The third-order valence-corrected chi connectivity index (χ3v) is 4.79. The molecule has 1 N–H and O–H groups in total. The van der Waals surface area contributed by atoms with Crippen LogP contribution in [0.2, 0.25) is 0 Å². The lowest BCUT2D eigenvalue weighted by molar-refractivity contribution is 0.120. The number of carbonyl (C=O) groups is 1. The Kier molecular flexibility index (Phi) is 5.09. The first-order chi connectivity index (χ1) is 11.7. The van der Waals surface area contributed by atoms with Crippen molar-refractivity contribution in [2.75, 3.05) is 20.2 Å². The molecule has 1 unspecified atom stereocenters. The van der Waals surface area contributed by atoms with Crippen molar-refractivity contribution in [3.8, 4) is 5.75 Å². The fourth-order valence-corrected chi connectivity index (χ4v) is 3.81. The van der Waals surface area contributed by atoms with Gasteiger partial charge < -0.3 is 14.5 Å². The number of ether oxygens (including phenoxy) is 2. The van der Waals surface area contributed by atoms with Crippen molar-refractivity contribution in [2.45, 2.75) is 45.6 Å². The zero-order chi connectivity index (χ0) is 17.1. The molecule has 5 nitrogen and oxygen atoms in total. The number of methoxy groups -OCH3 is 1. The molecule has 1 aliphatic rings. The van der Waals surface area contributed by atoms with Crippen molar-refractivity contribution < 1.29 is 14.3 Å². The van der Waals surface area contributed by atoms with Gasteiger partial charge in [-0.05, 0) is 56.5 Å². The highest BCUT2D eigenvalue weighted by Gasteiger charge is 2.28. The van der Waals surface area contributed by atoms with Crippen LogP contribution in [0.1, 0.15) is 37.8 Å². The fourth-order valence-electron chi connectivity index (χ4n) is 3.81. The summed E-state index contributed by atoms with van der Waals surface area (Å²) in [4.78, 5) is 17.5. The molecule has 0 radical (unpaired) electrons. The van der Waals surface area contributed by atoms with Gasteiger partial charge in [-0.3, -0.25) is 4.90 Å². The summed E-state index contributed by atoms with van der Waals surface area (Å²) in [5, 5.41) is 1.21. The van der Waals surface area contributed by atoms with Crippen LogP contribution in [0.25, 0.3) is 10.9 Å². The summed E-state index contributed by atoms with van der Waals surface area (Å²) in [6.07, 6.45) is 5.66. The first kappa shape index (κ1) is 16.8. The lowest BCUT2D eigenvalue weighted by atomic mass is 9.87. The Bertz CT molecular complexity index is 717. The molecule has 0 saturated heterocycles. The molecule has 1 atom stereocenters. The number of H-pyrrole nitrogens is 1. The second-order valence-electron chi connectivity index (χ2n) is 6.43. The van der Waals surface area contributed by atoms with Gasteiger partial charge in [0.05, 0.1) is 7.11 Å². The minimum Gasteiger partial charge on any atom is -0.437 e. The molecule has 3 rings (SSSR count). The zero-order valence-electron chi connectivity index (χ0n) is 14.7. The Balaban J connectivity index is 1.96. The summed E-state index contributed by atoms with van der Waals surface area (Å²) in [5.74, 6) is 0.618. The Morgan fingerprint density at radius 2 is 2.00 bits per heavy atom. The summed E-state index contributed by atoms with van der Waals surface area (Å²) >= 11 is 0. The van der Waals surface area contributed by atoms with Crippen LogP contribution in [-0.2, 0) is 17.6 Å². The topological polar surface area (TPSA) is 54.6 Å². The van der Waals surface area contributed by atoms with Gasteiger partial charge in [0.1, 0.15) is 5.75 Å². The van der Waals surface area contributed by atoms with Crippen molar-refractivity contribution in [3.05, 3.63) is 29.5 Å². The highest BCUT2D eigenvalue weighted by Crippen LogP contribution is 2.37. The number of hydrogen-bond donors (Lipinski definition) is 1. The van der Waals surface area contributed by atoms with E-state index in [0.29, 0.717) is 11.8 Å². The lowest BCUT2D eigenvalue weighted by Gasteiger charge is -2.34. The summed E-state index contributed by atoms with van der Waals surface area (Å²) in [7, 11) is 1.33. The van der Waals surface area contributed by atoms with Crippen LogP contribution < -0.4 is 4.74 Å². The molecule has 2 aromatic rings. The van der Waals surface area contributed by atoms with Gasteiger partial charge in [0.25, 0.3) is 0 Å². The maximum absolute atomic E-state index is 11.6. The SMILES string of the molecule is CCCN(CCC)C1Cc2c[nH]c3ccc(OC(=O)OC)c(c23)C1. The van der Waals surface area contributed by atoms with Crippen LogP contribution in [0.15, 0.2) is 18.3 Å². The zero-order valence-corrected chi connectivity index (χ0v) is 14.7. The molecule has 1 aromatic carbocycles. The molecule has 5 heteroatoms. The van der Waals surface area contributed by atoms with E-state index in [1.807, 2.05) is 12.1 Å². The predicted octanol–water partition coefficient (Wildman–Crippen LogP) is 3.90. The van der Waals surface area contributed by atoms with Crippen molar-refractivity contribution in [3.63, 3.8) is 0 Å². The van der Waals surface area contributed by atoms with Crippen molar-refractivity contribution in [1.29, 1.82) is 0 Å². The second-order valence-corrected chi connectivity index (χ2v) is 6.43. The van der Waals surface area contributed by atoms with Gasteiger partial charge >= 0.3 is 6.16 Å². The first-order valence-corrected chi connectivity index (χ1v) is 8.79. The second kappa shape index (κ2) is 7.26. The molecule has 24 heavy (non-hydrogen) atoms. The average Bonchev–Trinajstić information content (AvgIpc) is 3.01. The number of benzene rings is 1. The largest absolute Gasteiger partial charge is 0.513 e. The summed E-state index contributed by atoms with van der Waals surface area (Å²) in [6, 6.07) is 4.27. The molecule has 0 spiro atoms. The molecule has 1 heterocycles.